The minimum absolute atomic E-state index is 0.375. The van der Waals surface area contributed by atoms with Gasteiger partial charge < -0.3 is 10.3 Å². The van der Waals surface area contributed by atoms with E-state index in [4.69, 9.17) is 10.3 Å². The maximum absolute atomic E-state index is 5.84. The van der Waals surface area contributed by atoms with Gasteiger partial charge in [0.2, 0.25) is 5.89 Å². The van der Waals surface area contributed by atoms with Crippen molar-refractivity contribution in [3.63, 3.8) is 0 Å². The van der Waals surface area contributed by atoms with Crippen LogP contribution in [0.1, 0.15) is 50.2 Å². The lowest BCUT2D eigenvalue weighted by atomic mass is 9.86. The Hall–Kier alpha value is -0.900. The van der Waals surface area contributed by atoms with Crippen molar-refractivity contribution < 1.29 is 4.52 Å². The molecule has 1 aromatic heterocycles. The average molecular weight is 195 g/mol. The standard InChI is InChI=1S/C10H17N3O/c1-2-9-12-10(14-13-9)7-3-5-8(11)6-4-7/h7-8H,2-6,11H2,1H3. The molecule has 1 aromatic rings. The van der Waals surface area contributed by atoms with E-state index in [-0.39, 0.29) is 0 Å². The molecule has 1 aliphatic carbocycles. The molecule has 0 unspecified atom stereocenters. The highest BCUT2D eigenvalue weighted by Crippen LogP contribution is 2.30. The van der Waals surface area contributed by atoms with Gasteiger partial charge in [0, 0.05) is 18.4 Å². The fourth-order valence-electron chi connectivity index (χ4n) is 1.94. The van der Waals surface area contributed by atoms with E-state index in [2.05, 4.69) is 10.1 Å². The summed E-state index contributed by atoms with van der Waals surface area (Å²) in [6.45, 7) is 2.03. The smallest absolute Gasteiger partial charge is 0.229 e. The molecule has 4 nitrogen and oxygen atoms in total. The Morgan fingerprint density at radius 2 is 2.07 bits per heavy atom. The van der Waals surface area contributed by atoms with E-state index in [1.54, 1.807) is 0 Å². The fraction of sp³-hybridized carbons (Fsp3) is 0.800. The summed E-state index contributed by atoms with van der Waals surface area (Å²) in [7, 11) is 0. The van der Waals surface area contributed by atoms with Crippen LogP contribution in [0, 0.1) is 0 Å². The zero-order valence-electron chi connectivity index (χ0n) is 8.57. The highest BCUT2D eigenvalue weighted by molar-refractivity contribution is 4.96. The van der Waals surface area contributed by atoms with E-state index < -0.39 is 0 Å². The minimum atomic E-state index is 0.375. The molecule has 0 aromatic carbocycles. The maximum atomic E-state index is 5.84. The van der Waals surface area contributed by atoms with E-state index in [0.29, 0.717) is 12.0 Å². The van der Waals surface area contributed by atoms with Crippen molar-refractivity contribution in [3.05, 3.63) is 11.7 Å². The van der Waals surface area contributed by atoms with Crippen molar-refractivity contribution in [2.75, 3.05) is 0 Å². The number of hydrogen-bond donors (Lipinski definition) is 1. The third kappa shape index (κ3) is 1.95. The van der Waals surface area contributed by atoms with Crippen LogP contribution in [0.4, 0.5) is 0 Å². The quantitative estimate of drug-likeness (QED) is 0.778. The summed E-state index contributed by atoms with van der Waals surface area (Å²) in [5, 5.41) is 3.91. The number of aromatic nitrogens is 2. The van der Waals surface area contributed by atoms with Gasteiger partial charge in [0.15, 0.2) is 5.82 Å². The summed E-state index contributed by atoms with van der Waals surface area (Å²) in [6, 6.07) is 0.375. The third-order valence-corrected chi connectivity index (χ3v) is 2.92. The molecule has 14 heavy (non-hydrogen) atoms. The molecule has 1 heterocycles. The van der Waals surface area contributed by atoms with Crippen LogP contribution in [0.25, 0.3) is 0 Å². The summed E-state index contributed by atoms with van der Waals surface area (Å²) >= 11 is 0. The second kappa shape index (κ2) is 4.09. The molecule has 0 radical (unpaired) electrons. The molecule has 0 saturated heterocycles. The van der Waals surface area contributed by atoms with Crippen molar-refractivity contribution >= 4 is 0 Å². The van der Waals surface area contributed by atoms with Gasteiger partial charge in [-0.2, -0.15) is 4.98 Å². The van der Waals surface area contributed by atoms with Crippen LogP contribution in [0.3, 0.4) is 0 Å². The second-order valence-corrected chi connectivity index (χ2v) is 4.01. The lowest BCUT2D eigenvalue weighted by Gasteiger charge is -2.22. The van der Waals surface area contributed by atoms with Crippen LogP contribution in [0.5, 0.6) is 0 Å². The predicted molar refractivity (Wildman–Crippen MR) is 52.9 cm³/mol. The van der Waals surface area contributed by atoms with Crippen molar-refractivity contribution in [1.29, 1.82) is 0 Å². The number of rotatable bonds is 2. The minimum Gasteiger partial charge on any atom is -0.339 e. The normalized spacial score (nSPS) is 27.9. The van der Waals surface area contributed by atoms with Gasteiger partial charge in [-0.05, 0) is 25.7 Å². The predicted octanol–water partition coefficient (Wildman–Crippen LogP) is 1.62. The van der Waals surface area contributed by atoms with Gasteiger partial charge in [0.05, 0.1) is 0 Å². The molecule has 78 valence electrons. The first-order valence-corrected chi connectivity index (χ1v) is 5.37. The van der Waals surface area contributed by atoms with Gasteiger partial charge in [0.1, 0.15) is 0 Å². The van der Waals surface area contributed by atoms with Crippen molar-refractivity contribution in [1.82, 2.24) is 10.1 Å². The summed E-state index contributed by atoms with van der Waals surface area (Å²) in [4.78, 5) is 4.36. The van der Waals surface area contributed by atoms with E-state index in [1.165, 1.54) is 0 Å². The molecule has 4 heteroatoms. The first kappa shape index (κ1) is 9.65. The summed E-state index contributed by atoms with van der Waals surface area (Å²) in [5.74, 6) is 2.08. The Balaban J connectivity index is 2.01. The molecular formula is C10H17N3O. The number of hydrogen-bond acceptors (Lipinski definition) is 4. The summed E-state index contributed by atoms with van der Waals surface area (Å²) in [6.07, 6.45) is 5.18. The Morgan fingerprint density at radius 3 is 2.64 bits per heavy atom. The van der Waals surface area contributed by atoms with Gasteiger partial charge >= 0.3 is 0 Å². The van der Waals surface area contributed by atoms with Gasteiger partial charge in [-0.3, -0.25) is 0 Å². The number of nitrogens with zero attached hydrogens (tertiary/aromatic N) is 2. The summed E-state index contributed by atoms with van der Waals surface area (Å²) < 4.78 is 5.23. The molecule has 1 saturated carbocycles. The Labute approximate surface area is 83.9 Å². The Bertz CT molecular complexity index is 289. The molecule has 0 spiro atoms. The van der Waals surface area contributed by atoms with Crippen LogP contribution in [0.2, 0.25) is 0 Å². The maximum Gasteiger partial charge on any atom is 0.229 e. The van der Waals surface area contributed by atoms with Crippen LogP contribution in [-0.4, -0.2) is 16.2 Å². The largest absolute Gasteiger partial charge is 0.339 e. The molecule has 0 bridgehead atoms. The summed E-state index contributed by atoms with van der Waals surface area (Å²) in [5.41, 5.74) is 5.84. The van der Waals surface area contributed by atoms with Gasteiger partial charge in [-0.25, -0.2) is 0 Å². The monoisotopic (exact) mass is 195 g/mol. The molecule has 2 rings (SSSR count). The molecule has 0 atom stereocenters. The SMILES string of the molecule is CCc1noc(C2CCC(N)CC2)n1. The fourth-order valence-corrected chi connectivity index (χ4v) is 1.94. The topological polar surface area (TPSA) is 64.9 Å². The molecule has 0 amide bonds. The van der Waals surface area contributed by atoms with E-state index in [0.717, 1.165) is 43.8 Å². The number of aryl methyl sites for hydroxylation is 1. The molecule has 2 N–H and O–H groups in total. The first-order chi connectivity index (χ1) is 6.79. The lowest BCUT2D eigenvalue weighted by molar-refractivity contribution is 0.300. The molecule has 1 fully saturated rings. The highest BCUT2D eigenvalue weighted by atomic mass is 16.5. The zero-order valence-corrected chi connectivity index (χ0v) is 8.57. The van der Waals surface area contributed by atoms with Gasteiger partial charge in [-0.15, -0.1) is 0 Å². The van der Waals surface area contributed by atoms with Crippen molar-refractivity contribution in [3.8, 4) is 0 Å². The van der Waals surface area contributed by atoms with Crippen LogP contribution < -0.4 is 5.73 Å². The molecule has 0 aliphatic heterocycles. The lowest BCUT2D eigenvalue weighted by Crippen LogP contribution is -2.25. The molecular weight excluding hydrogens is 178 g/mol. The third-order valence-electron chi connectivity index (χ3n) is 2.92. The van der Waals surface area contributed by atoms with E-state index in [1.807, 2.05) is 6.92 Å². The van der Waals surface area contributed by atoms with Crippen LogP contribution >= 0.6 is 0 Å². The number of nitrogens with two attached hydrogens (primary N) is 1. The van der Waals surface area contributed by atoms with Gasteiger partial charge in [-0.1, -0.05) is 12.1 Å². The van der Waals surface area contributed by atoms with Crippen LogP contribution in [-0.2, 0) is 6.42 Å². The van der Waals surface area contributed by atoms with Crippen molar-refractivity contribution in [2.24, 2.45) is 5.73 Å². The first-order valence-electron chi connectivity index (χ1n) is 5.37. The van der Waals surface area contributed by atoms with Crippen molar-refractivity contribution in [2.45, 2.75) is 51.0 Å². The second-order valence-electron chi connectivity index (χ2n) is 4.01. The molecule has 1 aliphatic rings. The highest BCUT2D eigenvalue weighted by Gasteiger charge is 2.24. The Kier molecular flexibility index (Phi) is 2.82. The van der Waals surface area contributed by atoms with Gasteiger partial charge in [0.25, 0.3) is 0 Å². The van der Waals surface area contributed by atoms with E-state index >= 15 is 0 Å². The average Bonchev–Trinajstić information content (AvgIpc) is 2.67. The zero-order chi connectivity index (χ0) is 9.97. The Morgan fingerprint density at radius 1 is 1.36 bits per heavy atom. The van der Waals surface area contributed by atoms with E-state index in [9.17, 15) is 0 Å². The van der Waals surface area contributed by atoms with Crippen LogP contribution in [0.15, 0.2) is 4.52 Å².